The number of pyridine rings is 1. The monoisotopic (exact) mass is 381 g/mol. The van der Waals surface area contributed by atoms with Gasteiger partial charge in [0.2, 0.25) is 5.91 Å². The van der Waals surface area contributed by atoms with Gasteiger partial charge >= 0.3 is 0 Å². The zero-order valence-electron chi connectivity index (χ0n) is 16.8. The molecule has 1 aromatic carbocycles. The van der Waals surface area contributed by atoms with Crippen molar-refractivity contribution in [3.63, 3.8) is 0 Å². The molecule has 1 aliphatic heterocycles. The summed E-state index contributed by atoms with van der Waals surface area (Å²) in [5.41, 5.74) is 8.59. The highest BCUT2D eigenvalue weighted by Gasteiger charge is 2.20. The first-order valence-electron chi connectivity index (χ1n) is 10.0. The van der Waals surface area contributed by atoms with E-state index in [0.29, 0.717) is 19.0 Å². The lowest BCUT2D eigenvalue weighted by molar-refractivity contribution is -0.122. The third-order valence-corrected chi connectivity index (χ3v) is 5.26. The Morgan fingerprint density at radius 3 is 2.36 bits per heavy atom. The summed E-state index contributed by atoms with van der Waals surface area (Å²) in [4.78, 5) is 21.1. The SMILES string of the molecule is CC(C)c1ccc(C(N)CNC(=O)CN2CCN(c3ccccn3)CC2)cc1. The highest BCUT2D eigenvalue weighted by Crippen LogP contribution is 2.17. The second kappa shape index (κ2) is 9.66. The molecule has 1 unspecified atom stereocenters. The van der Waals surface area contributed by atoms with Crippen molar-refractivity contribution < 1.29 is 4.79 Å². The molecule has 0 saturated carbocycles. The van der Waals surface area contributed by atoms with Crippen molar-refractivity contribution in [1.29, 1.82) is 0 Å². The van der Waals surface area contributed by atoms with E-state index in [2.05, 4.69) is 58.2 Å². The number of carbonyl (C=O) groups excluding carboxylic acids is 1. The number of rotatable bonds is 7. The van der Waals surface area contributed by atoms with Crippen molar-refractivity contribution in [2.45, 2.75) is 25.8 Å². The molecule has 150 valence electrons. The van der Waals surface area contributed by atoms with Gasteiger partial charge in [0, 0.05) is 45.0 Å². The Morgan fingerprint density at radius 1 is 1.07 bits per heavy atom. The van der Waals surface area contributed by atoms with Crippen LogP contribution in [0, 0.1) is 0 Å². The van der Waals surface area contributed by atoms with Crippen molar-refractivity contribution in [1.82, 2.24) is 15.2 Å². The number of carbonyl (C=O) groups is 1. The van der Waals surface area contributed by atoms with Crippen LogP contribution in [0.2, 0.25) is 0 Å². The van der Waals surface area contributed by atoms with Gasteiger partial charge in [-0.05, 0) is 29.2 Å². The largest absolute Gasteiger partial charge is 0.354 e. The molecule has 0 aliphatic carbocycles. The number of nitrogens with one attached hydrogen (secondary N) is 1. The van der Waals surface area contributed by atoms with Crippen molar-refractivity contribution in [3.8, 4) is 0 Å². The zero-order valence-corrected chi connectivity index (χ0v) is 16.8. The molecule has 1 aliphatic rings. The van der Waals surface area contributed by atoms with E-state index >= 15 is 0 Å². The van der Waals surface area contributed by atoms with Crippen LogP contribution in [0.1, 0.15) is 36.9 Å². The fourth-order valence-corrected chi connectivity index (χ4v) is 3.40. The summed E-state index contributed by atoms with van der Waals surface area (Å²) in [5, 5.41) is 2.98. The summed E-state index contributed by atoms with van der Waals surface area (Å²) in [6.45, 7) is 8.68. The van der Waals surface area contributed by atoms with E-state index in [0.717, 1.165) is 37.6 Å². The minimum Gasteiger partial charge on any atom is -0.354 e. The van der Waals surface area contributed by atoms with Gasteiger partial charge in [0.1, 0.15) is 5.82 Å². The summed E-state index contributed by atoms with van der Waals surface area (Å²) in [7, 11) is 0. The van der Waals surface area contributed by atoms with E-state index in [-0.39, 0.29) is 11.9 Å². The third-order valence-electron chi connectivity index (χ3n) is 5.26. The second-order valence-electron chi connectivity index (χ2n) is 7.68. The average molecular weight is 382 g/mol. The van der Waals surface area contributed by atoms with E-state index in [4.69, 9.17) is 5.73 Å². The number of aromatic nitrogens is 1. The molecule has 6 heteroatoms. The van der Waals surface area contributed by atoms with Crippen LogP contribution in [-0.4, -0.2) is 55.1 Å². The molecule has 1 fully saturated rings. The first-order chi connectivity index (χ1) is 13.5. The Labute approximate surface area is 167 Å². The van der Waals surface area contributed by atoms with E-state index in [9.17, 15) is 4.79 Å². The van der Waals surface area contributed by atoms with Crippen LogP contribution in [0.25, 0.3) is 0 Å². The van der Waals surface area contributed by atoms with Crippen LogP contribution in [-0.2, 0) is 4.79 Å². The molecule has 0 radical (unpaired) electrons. The number of anilines is 1. The lowest BCUT2D eigenvalue weighted by atomic mass is 9.99. The summed E-state index contributed by atoms with van der Waals surface area (Å²) in [6.07, 6.45) is 1.81. The third kappa shape index (κ3) is 5.53. The van der Waals surface area contributed by atoms with Gasteiger partial charge in [-0.15, -0.1) is 0 Å². The predicted molar refractivity (Wildman–Crippen MR) is 113 cm³/mol. The fraction of sp³-hybridized carbons (Fsp3) is 0.455. The molecule has 2 heterocycles. The number of amides is 1. The average Bonchev–Trinajstić information content (AvgIpc) is 2.73. The first-order valence-corrected chi connectivity index (χ1v) is 10.0. The molecule has 3 N–H and O–H groups in total. The molecular formula is C22H31N5O. The van der Waals surface area contributed by atoms with Gasteiger partial charge in [-0.1, -0.05) is 44.2 Å². The minimum atomic E-state index is -0.189. The van der Waals surface area contributed by atoms with Gasteiger partial charge < -0.3 is 16.0 Å². The zero-order chi connectivity index (χ0) is 19.9. The topological polar surface area (TPSA) is 74.5 Å². The van der Waals surface area contributed by atoms with Crippen LogP contribution in [0.3, 0.4) is 0 Å². The maximum absolute atomic E-state index is 12.3. The number of hydrogen-bond donors (Lipinski definition) is 2. The lowest BCUT2D eigenvalue weighted by Crippen LogP contribution is -2.50. The number of hydrogen-bond acceptors (Lipinski definition) is 5. The maximum Gasteiger partial charge on any atom is 0.234 e. The molecule has 1 aromatic heterocycles. The van der Waals surface area contributed by atoms with Gasteiger partial charge in [0.15, 0.2) is 0 Å². The van der Waals surface area contributed by atoms with Crippen molar-refractivity contribution in [2.24, 2.45) is 5.73 Å². The maximum atomic E-state index is 12.3. The number of nitrogens with two attached hydrogens (primary N) is 1. The molecule has 2 aromatic rings. The number of benzene rings is 1. The lowest BCUT2D eigenvalue weighted by Gasteiger charge is -2.35. The molecule has 28 heavy (non-hydrogen) atoms. The van der Waals surface area contributed by atoms with Gasteiger partial charge in [0.25, 0.3) is 0 Å². The summed E-state index contributed by atoms with van der Waals surface area (Å²) >= 11 is 0. The standard InChI is InChI=1S/C22H31N5O/c1-17(2)18-6-8-19(9-7-18)20(23)15-25-22(28)16-26-11-13-27(14-12-26)21-5-3-4-10-24-21/h3-10,17,20H,11-16,23H2,1-2H3,(H,25,28). The number of piperazine rings is 1. The minimum absolute atomic E-state index is 0.0283. The quantitative estimate of drug-likeness (QED) is 0.769. The van der Waals surface area contributed by atoms with Crippen molar-refractivity contribution in [3.05, 3.63) is 59.8 Å². The second-order valence-corrected chi connectivity index (χ2v) is 7.68. The summed E-state index contributed by atoms with van der Waals surface area (Å²) < 4.78 is 0. The smallest absolute Gasteiger partial charge is 0.234 e. The van der Waals surface area contributed by atoms with Crippen molar-refractivity contribution in [2.75, 3.05) is 44.2 Å². The Kier molecular flexibility index (Phi) is 7.01. The predicted octanol–water partition coefficient (Wildman–Crippen LogP) is 2.14. The van der Waals surface area contributed by atoms with Gasteiger partial charge in [-0.3, -0.25) is 9.69 Å². The molecule has 6 nitrogen and oxygen atoms in total. The van der Waals surface area contributed by atoms with Crippen molar-refractivity contribution >= 4 is 11.7 Å². The molecule has 1 saturated heterocycles. The normalized spacial score (nSPS) is 16.2. The van der Waals surface area contributed by atoms with Crippen LogP contribution >= 0.6 is 0 Å². The molecule has 3 rings (SSSR count). The Hall–Kier alpha value is -2.44. The van der Waals surface area contributed by atoms with Crippen LogP contribution in [0.4, 0.5) is 5.82 Å². The highest BCUT2D eigenvalue weighted by atomic mass is 16.2. The summed E-state index contributed by atoms with van der Waals surface area (Å²) in [6, 6.07) is 14.1. The van der Waals surface area contributed by atoms with Gasteiger partial charge in [-0.25, -0.2) is 4.98 Å². The van der Waals surface area contributed by atoms with E-state index in [1.54, 1.807) is 0 Å². The molecule has 1 amide bonds. The molecular weight excluding hydrogens is 350 g/mol. The summed E-state index contributed by atoms with van der Waals surface area (Å²) in [5.74, 6) is 1.53. The molecule has 0 spiro atoms. The Bertz CT molecular complexity index is 739. The Morgan fingerprint density at radius 2 is 1.75 bits per heavy atom. The van der Waals surface area contributed by atoms with Crippen LogP contribution < -0.4 is 16.0 Å². The Balaban J connectivity index is 1.40. The van der Waals surface area contributed by atoms with Gasteiger partial charge in [-0.2, -0.15) is 0 Å². The fourth-order valence-electron chi connectivity index (χ4n) is 3.40. The van der Waals surface area contributed by atoms with E-state index in [1.165, 1.54) is 5.56 Å². The highest BCUT2D eigenvalue weighted by molar-refractivity contribution is 5.78. The van der Waals surface area contributed by atoms with Gasteiger partial charge in [0.05, 0.1) is 6.54 Å². The van der Waals surface area contributed by atoms with E-state index in [1.807, 2.05) is 24.4 Å². The first kappa shape index (κ1) is 20.3. The number of nitrogens with zero attached hydrogens (tertiary/aromatic N) is 3. The van der Waals surface area contributed by atoms with E-state index < -0.39 is 0 Å². The molecule has 0 bridgehead atoms. The van der Waals surface area contributed by atoms with Crippen LogP contribution in [0.15, 0.2) is 48.7 Å². The van der Waals surface area contributed by atoms with Crippen LogP contribution in [0.5, 0.6) is 0 Å². The molecule has 1 atom stereocenters.